The molecule has 0 saturated carbocycles. The van der Waals surface area contributed by atoms with E-state index in [1.807, 2.05) is 0 Å². The Kier molecular flexibility index (Phi) is 2.62. The highest BCUT2D eigenvalue weighted by Crippen LogP contribution is 2.21. The van der Waals surface area contributed by atoms with Crippen LogP contribution < -0.4 is 5.56 Å². The fraction of sp³-hybridized carbons (Fsp3) is 0.364. The molecular formula is C11H12N6O2. The van der Waals surface area contributed by atoms with Crippen molar-refractivity contribution in [2.75, 3.05) is 13.1 Å². The van der Waals surface area contributed by atoms with Crippen molar-refractivity contribution in [2.24, 2.45) is 7.05 Å². The molecule has 0 aromatic carbocycles. The van der Waals surface area contributed by atoms with Crippen LogP contribution in [-0.2, 0) is 7.05 Å². The number of carbonyl (C=O) groups excluding carboxylic acids is 1. The van der Waals surface area contributed by atoms with Gasteiger partial charge in [-0.2, -0.15) is 5.10 Å². The van der Waals surface area contributed by atoms with Crippen molar-refractivity contribution >= 4 is 5.91 Å². The van der Waals surface area contributed by atoms with E-state index in [4.69, 9.17) is 0 Å². The van der Waals surface area contributed by atoms with E-state index in [1.54, 1.807) is 22.0 Å². The van der Waals surface area contributed by atoms with Crippen molar-refractivity contribution in [3.63, 3.8) is 0 Å². The lowest BCUT2D eigenvalue weighted by molar-refractivity contribution is 0.0490. The molecule has 0 spiro atoms. The van der Waals surface area contributed by atoms with Crippen molar-refractivity contribution in [1.29, 1.82) is 0 Å². The summed E-state index contributed by atoms with van der Waals surface area (Å²) in [4.78, 5) is 25.0. The van der Waals surface area contributed by atoms with Crippen LogP contribution >= 0.6 is 0 Å². The first-order valence-corrected chi connectivity index (χ1v) is 5.84. The lowest BCUT2D eigenvalue weighted by atomic mass is 10.1. The zero-order chi connectivity index (χ0) is 13.4. The van der Waals surface area contributed by atoms with Crippen LogP contribution in [0.3, 0.4) is 0 Å². The predicted octanol–water partition coefficient (Wildman–Crippen LogP) is -0.931. The van der Waals surface area contributed by atoms with Gasteiger partial charge in [-0.05, 0) is 6.07 Å². The number of hydrogen-bond acceptors (Lipinski definition) is 5. The Balaban J connectivity index is 1.70. The number of aromatic nitrogens is 5. The van der Waals surface area contributed by atoms with Gasteiger partial charge in [-0.3, -0.25) is 9.59 Å². The highest BCUT2D eigenvalue weighted by molar-refractivity contribution is 5.92. The molecule has 0 N–H and O–H groups in total. The third-order valence-corrected chi connectivity index (χ3v) is 3.14. The SMILES string of the molecule is Cn1nc(C(=O)N2CC(n3ccnn3)C2)ccc1=O. The number of rotatable bonds is 2. The summed E-state index contributed by atoms with van der Waals surface area (Å²) in [5, 5.41) is 11.6. The summed E-state index contributed by atoms with van der Waals surface area (Å²) in [6.07, 6.45) is 3.38. The third-order valence-electron chi connectivity index (χ3n) is 3.14. The number of hydrogen-bond donors (Lipinski definition) is 0. The summed E-state index contributed by atoms with van der Waals surface area (Å²) in [7, 11) is 1.52. The zero-order valence-electron chi connectivity index (χ0n) is 10.3. The number of carbonyl (C=O) groups is 1. The molecule has 1 amide bonds. The Morgan fingerprint density at radius 1 is 1.37 bits per heavy atom. The molecular weight excluding hydrogens is 248 g/mol. The largest absolute Gasteiger partial charge is 0.333 e. The number of amides is 1. The van der Waals surface area contributed by atoms with Gasteiger partial charge in [0.15, 0.2) is 0 Å². The molecule has 3 rings (SSSR count). The van der Waals surface area contributed by atoms with Gasteiger partial charge in [0.25, 0.3) is 11.5 Å². The van der Waals surface area contributed by atoms with E-state index in [0.29, 0.717) is 13.1 Å². The minimum atomic E-state index is -0.236. The Morgan fingerprint density at radius 2 is 2.16 bits per heavy atom. The summed E-state index contributed by atoms with van der Waals surface area (Å²) < 4.78 is 2.89. The molecule has 19 heavy (non-hydrogen) atoms. The van der Waals surface area contributed by atoms with E-state index in [0.717, 1.165) is 4.68 Å². The Hall–Kier alpha value is -2.51. The lowest BCUT2D eigenvalue weighted by Crippen LogP contribution is -2.51. The Labute approximate surface area is 108 Å². The highest BCUT2D eigenvalue weighted by Gasteiger charge is 2.33. The second-order valence-electron chi connectivity index (χ2n) is 4.43. The van der Waals surface area contributed by atoms with Crippen molar-refractivity contribution in [3.05, 3.63) is 40.6 Å². The number of aryl methyl sites for hydroxylation is 1. The molecule has 8 nitrogen and oxygen atoms in total. The van der Waals surface area contributed by atoms with Crippen molar-refractivity contribution in [2.45, 2.75) is 6.04 Å². The molecule has 1 fully saturated rings. The molecule has 2 aromatic heterocycles. The second-order valence-corrected chi connectivity index (χ2v) is 4.43. The van der Waals surface area contributed by atoms with E-state index in [1.165, 1.54) is 19.2 Å². The van der Waals surface area contributed by atoms with E-state index < -0.39 is 0 Å². The summed E-state index contributed by atoms with van der Waals surface area (Å²) in [6.45, 7) is 1.15. The molecule has 8 heteroatoms. The van der Waals surface area contributed by atoms with Crippen molar-refractivity contribution in [3.8, 4) is 0 Å². The maximum absolute atomic E-state index is 12.1. The van der Waals surface area contributed by atoms with Crippen molar-refractivity contribution < 1.29 is 4.79 Å². The van der Waals surface area contributed by atoms with Crippen LogP contribution in [0.5, 0.6) is 0 Å². The van der Waals surface area contributed by atoms with Gasteiger partial charge in [-0.15, -0.1) is 5.10 Å². The maximum Gasteiger partial charge on any atom is 0.274 e. The molecule has 0 unspecified atom stereocenters. The van der Waals surface area contributed by atoms with Gasteiger partial charge < -0.3 is 4.90 Å². The topological polar surface area (TPSA) is 85.9 Å². The standard InChI is InChI=1S/C11H12N6O2/c1-15-10(18)3-2-9(13-15)11(19)16-6-8(7-16)17-5-4-12-14-17/h2-5,8H,6-7H2,1H3. The molecule has 0 bridgehead atoms. The first-order valence-electron chi connectivity index (χ1n) is 5.84. The van der Waals surface area contributed by atoms with Gasteiger partial charge in [-0.1, -0.05) is 5.21 Å². The monoisotopic (exact) mass is 260 g/mol. The average Bonchev–Trinajstić information content (AvgIpc) is 2.84. The molecule has 2 aromatic rings. The quantitative estimate of drug-likeness (QED) is 0.696. The molecule has 1 saturated heterocycles. The molecule has 1 aliphatic rings. The van der Waals surface area contributed by atoms with Crippen LogP contribution in [-0.4, -0.2) is 48.7 Å². The fourth-order valence-electron chi connectivity index (χ4n) is 1.98. The van der Waals surface area contributed by atoms with E-state index in [9.17, 15) is 9.59 Å². The summed E-state index contributed by atoms with van der Waals surface area (Å²) in [5.41, 5.74) is 0.0415. The highest BCUT2D eigenvalue weighted by atomic mass is 16.2. The molecule has 1 aliphatic heterocycles. The maximum atomic E-state index is 12.1. The normalized spacial score (nSPS) is 15.3. The first-order chi connectivity index (χ1) is 9.15. The van der Waals surface area contributed by atoms with Gasteiger partial charge in [0, 0.05) is 32.4 Å². The summed E-state index contributed by atoms with van der Waals surface area (Å²) in [5.74, 6) is -0.174. The van der Waals surface area contributed by atoms with Crippen molar-refractivity contribution in [1.82, 2.24) is 29.7 Å². The van der Waals surface area contributed by atoms with Gasteiger partial charge in [0.05, 0.1) is 12.2 Å². The van der Waals surface area contributed by atoms with Gasteiger partial charge >= 0.3 is 0 Å². The van der Waals surface area contributed by atoms with E-state index >= 15 is 0 Å². The average molecular weight is 260 g/mol. The lowest BCUT2D eigenvalue weighted by Gasteiger charge is -2.38. The molecule has 0 aliphatic carbocycles. The molecule has 0 radical (unpaired) electrons. The predicted molar refractivity (Wildman–Crippen MR) is 64.4 cm³/mol. The summed E-state index contributed by atoms with van der Waals surface area (Å²) in [6, 6.07) is 2.96. The molecule has 3 heterocycles. The second kappa shape index (κ2) is 4.30. The Morgan fingerprint density at radius 3 is 2.79 bits per heavy atom. The van der Waals surface area contributed by atoms with E-state index in [-0.39, 0.29) is 23.2 Å². The van der Waals surface area contributed by atoms with Gasteiger partial charge in [0.1, 0.15) is 5.69 Å². The molecule has 98 valence electrons. The minimum absolute atomic E-state index is 0.166. The fourth-order valence-corrected chi connectivity index (χ4v) is 1.98. The minimum Gasteiger partial charge on any atom is -0.333 e. The first kappa shape index (κ1) is 11.6. The Bertz CT molecular complexity index is 656. The molecule has 0 atom stereocenters. The van der Waals surface area contributed by atoms with E-state index in [2.05, 4.69) is 15.4 Å². The van der Waals surface area contributed by atoms with Crippen LogP contribution in [0, 0.1) is 0 Å². The number of nitrogens with zero attached hydrogens (tertiary/aromatic N) is 6. The summed E-state index contributed by atoms with van der Waals surface area (Å²) >= 11 is 0. The third kappa shape index (κ3) is 2.01. The number of likely N-dealkylation sites (tertiary alicyclic amines) is 1. The van der Waals surface area contributed by atoms with Crippen LogP contribution in [0.1, 0.15) is 16.5 Å². The van der Waals surface area contributed by atoms with Gasteiger partial charge in [-0.25, -0.2) is 9.36 Å². The zero-order valence-corrected chi connectivity index (χ0v) is 10.3. The van der Waals surface area contributed by atoms with Crippen LogP contribution in [0.25, 0.3) is 0 Å². The van der Waals surface area contributed by atoms with Gasteiger partial charge in [0.2, 0.25) is 0 Å². The van der Waals surface area contributed by atoms with Crippen LogP contribution in [0.2, 0.25) is 0 Å². The van der Waals surface area contributed by atoms with Crippen LogP contribution in [0.15, 0.2) is 29.3 Å². The van der Waals surface area contributed by atoms with Crippen LogP contribution in [0.4, 0.5) is 0 Å². The smallest absolute Gasteiger partial charge is 0.274 e.